The molecule has 0 aliphatic carbocycles. The summed E-state index contributed by atoms with van der Waals surface area (Å²) >= 11 is 0. The van der Waals surface area contributed by atoms with Gasteiger partial charge < -0.3 is 21.2 Å². The molecule has 0 fully saturated rings. The van der Waals surface area contributed by atoms with Crippen LogP contribution in [-0.2, 0) is 25.8 Å². The number of hydrogen-bond acceptors (Lipinski definition) is 2. The molecule has 6 N–H and O–H groups in total. The molecule has 0 heterocycles. The average molecular weight is 447 g/mol. The standard InChI is InChI=1S/2C7H16O.Hf.2H2O/c2*1-7(2)5-3-4-6-8;;;/h2*7-8H,3-6H2,1-2H3;;2*1H2. The summed E-state index contributed by atoms with van der Waals surface area (Å²) in [5.41, 5.74) is 0. The molecule has 0 spiro atoms. The van der Waals surface area contributed by atoms with Crippen molar-refractivity contribution in [3.05, 3.63) is 0 Å². The third-order valence-electron chi connectivity index (χ3n) is 2.38. The van der Waals surface area contributed by atoms with E-state index < -0.39 is 0 Å². The SMILES string of the molecule is CC(C)CCCCO.CC(C)CCCCO.O.O.[Hf]. The maximum atomic E-state index is 8.38. The summed E-state index contributed by atoms with van der Waals surface area (Å²) in [7, 11) is 0. The number of aliphatic hydroxyl groups excluding tert-OH is 2. The number of unbranched alkanes of at least 4 members (excludes halogenated alkanes) is 2. The van der Waals surface area contributed by atoms with Crippen LogP contribution in [0.25, 0.3) is 0 Å². The van der Waals surface area contributed by atoms with E-state index in [1.54, 1.807) is 0 Å². The minimum Gasteiger partial charge on any atom is -0.412 e. The molecule has 0 aromatic rings. The van der Waals surface area contributed by atoms with Crippen molar-refractivity contribution >= 4 is 0 Å². The monoisotopic (exact) mass is 448 g/mol. The van der Waals surface area contributed by atoms with E-state index in [0.717, 1.165) is 24.7 Å². The molecule has 19 heavy (non-hydrogen) atoms. The molecule has 0 aliphatic rings. The Labute approximate surface area is 138 Å². The van der Waals surface area contributed by atoms with Crippen molar-refractivity contribution in [2.75, 3.05) is 13.2 Å². The van der Waals surface area contributed by atoms with Crippen LogP contribution in [0.4, 0.5) is 0 Å². The van der Waals surface area contributed by atoms with Gasteiger partial charge in [-0.2, -0.15) is 0 Å². The maximum Gasteiger partial charge on any atom is 0.0431 e. The van der Waals surface area contributed by atoms with Gasteiger partial charge in [0.2, 0.25) is 0 Å². The van der Waals surface area contributed by atoms with E-state index in [4.69, 9.17) is 10.2 Å². The molecule has 120 valence electrons. The predicted octanol–water partition coefficient (Wildman–Crippen LogP) is 1.96. The molecule has 0 aromatic heterocycles. The third kappa shape index (κ3) is 45.5. The van der Waals surface area contributed by atoms with Gasteiger partial charge >= 0.3 is 0 Å². The molecule has 0 radical (unpaired) electrons. The van der Waals surface area contributed by atoms with Crippen molar-refractivity contribution in [3.8, 4) is 0 Å². The van der Waals surface area contributed by atoms with Gasteiger partial charge in [0.15, 0.2) is 0 Å². The topological polar surface area (TPSA) is 103 Å². The van der Waals surface area contributed by atoms with Crippen molar-refractivity contribution in [2.24, 2.45) is 11.8 Å². The largest absolute Gasteiger partial charge is 0.412 e. The van der Waals surface area contributed by atoms with Gasteiger partial charge in [0, 0.05) is 39.1 Å². The molecule has 0 unspecified atom stereocenters. The van der Waals surface area contributed by atoms with E-state index in [2.05, 4.69) is 27.7 Å². The molecule has 0 saturated heterocycles. The van der Waals surface area contributed by atoms with Crippen LogP contribution in [0.1, 0.15) is 66.2 Å². The molecule has 0 aromatic carbocycles. The van der Waals surface area contributed by atoms with Gasteiger partial charge in [0.1, 0.15) is 0 Å². The van der Waals surface area contributed by atoms with Crippen molar-refractivity contribution in [1.29, 1.82) is 0 Å². The van der Waals surface area contributed by atoms with E-state index in [1.807, 2.05) is 0 Å². The summed E-state index contributed by atoms with van der Waals surface area (Å²) in [6, 6.07) is 0. The summed E-state index contributed by atoms with van der Waals surface area (Å²) < 4.78 is 0. The summed E-state index contributed by atoms with van der Waals surface area (Å²) in [6.45, 7) is 9.53. The molecule has 0 amide bonds. The molecular formula is C14H36HfO4. The molecule has 4 nitrogen and oxygen atoms in total. The number of aliphatic hydroxyl groups is 2. The molecule has 0 bridgehead atoms. The molecule has 0 aliphatic heterocycles. The maximum absolute atomic E-state index is 8.38. The Kier molecular flexibility index (Phi) is 45.5. The van der Waals surface area contributed by atoms with Crippen LogP contribution in [0.5, 0.6) is 0 Å². The first-order chi connectivity index (χ1) is 7.54. The Balaban J connectivity index is -0.0000000594. The van der Waals surface area contributed by atoms with Gasteiger partial charge in [0.25, 0.3) is 0 Å². The van der Waals surface area contributed by atoms with Gasteiger partial charge in [-0.3, -0.25) is 0 Å². The van der Waals surface area contributed by atoms with Crippen molar-refractivity contribution < 1.29 is 47.0 Å². The zero-order chi connectivity index (χ0) is 12.8. The first-order valence-corrected chi connectivity index (χ1v) is 6.76. The average Bonchev–Trinajstić information content (AvgIpc) is 2.18. The van der Waals surface area contributed by atoms with Gasteiger partial charge in [0.05, 0.1) is 0 Å². The van der Waals surface area contributed by atoms with Gasteiger partial charge in [-0.1, -0.05) is 53.4 Å². The quantitative estimate of drug-likeness (QED) is 0.439. The molecule has 0 rings (SSSR count). The van der Waals surface area contributed by atoms with Crippen LogP contribution >= 0.6 is 0 Å². The van der Waals surface area contributed by atoms with Crippen molar-refractivity contribution in [3.63, 3.8) is 0 Å². The third-order valence-corrected chi connectivity index (χ3v) is 2.38. The van der Waals surface area contributed by atoms with Crippen LogP contribution in [0.2, 0.25) is 0 Å². The van der Waals surface area contributed by atoms with Gasteiger partial charge in [-0.15, -0.1) is 0 Å². The predicted molar refractivity (Wildman–Crippen MR) is 78.8 cm³/mol. The fourth-order valence-corrected chi connectivity index (χ4v) is 1.33. The Bertz CT molecular complexity index is 108. The fourth-order valence-electron chi connectivity index (χ4n) is 1.33. The Morgan fingerprint density at radius 3 is 1.05 bits per heavy atom. The van der Waals surface area contributed by atoms with E-state index in [9.17, 15) is 0 Å². The van der Waals surface area contributed by atoms with Crippen LogP contribution in [0.3, 0.4) is 0 Å². The molecular weight excluding hydrogens is 411 g/mol. The molecule has 0 atom stereocenters. The smallest absolute Gasteiger partial charge is 0.0431 e. The number of hydrogen-bond donors (Lipinski definition) is 2. The first kappa shape index (κ1) is 31.9. The van der Waals surface area contributed by atoms with Crippen molar-refractivity contribution in [2.45, 2.75) is 66.2 Å². The van der Waals surface area contributed by atoms with E-state index in [-0.39, 0.29) is 36.8 Å². The van der Waals surface area contributed by atoms with Crippen LogP contribution in [0.15, 0.2) is 0 Å². The molecule has 0 saturated carbocycles. The zero-order valence-electron chi connectivity index (χ0n) is 13.2. The summed E-state index contributed by atoms with van der Waals surface area (Å²) in [5.74, 6) is 1.59. The minimum absolute atomic E-state index is 0. The second-order valence-electron chi connectivity index (χ2n) is 5.23. The first-order valence-electron chi connectivity index (χ1n) is 6.76. The Morgan fingerprint density at radius 1 is 0.632 bits per heavy atom. The van der Waals surface area contributed by atoms with Crippen LogP contribution in [-0.4, -0.2) is 34.4 Å². The van der Waals surface area contributed by atoms with Crippen LogP contribution < -0.4 is 0 Å². The normalized spacial score (nSPS) is 8.84. The summed E-state index contributed by atoms with van der Waals surface area (Å²) in [4.78, 5) is 0. The summed E-state index contributed by atoms with van der Waals surface area (Å²) in [6.07, 6.45) is 6.79. The summed E-state index contributed by atoms with van der Waals surface area (Å²) in [5, 5.41) is 16.8. The Hall–Kier alpha value is 0.710. The van der Waals surface area contributed by atoms with E-state index >= 15 is 0 Å². The van der Waals surface area contributed by atoms with Gasteiger partial charge in [-0.25, -0.2) is 0 Å². The van der Waals surface area contributed by atoms with Crippen LogP contribution in [0, 0.1) is 11.8 Å². The number of rotatable bonds is 8. The van der Waals surface area contributed by atoms with Crippen molar-refractivity contribution in [1.82, 2.24) is 0 Å². The molecule has 5 heteroatoms. The van der Waals surface area contributed by atoms with E-state index in [0.29, 0.717) is 13.2 Å². The zero-order valence-corrected chi connectivity index (χ0v) is 16.8. The second kappa shape index (κ2) is 27.1. The Morgan fingerprint density at radius 2 is 0.895 bits per heavy atom. The fraction of sp³-hybridized carbons (Fsp3) is 1.00. The minimum atomic E-state index is 0. The van der Waals surface area contributed by atoms with E-state index in [1.165, 1.54) is 25.7 Å². The van der Waals surface area contributed by atoms with Gasteiger partial charge in [-0.05, 0) is 24.7 Å². The second-order valence-corrected chi connectivity index (χ2v) is 5.23.